The first-order valence-corrected chi connectivity index (χ1v) is 4.55. The van der Waals surface area contributed by atoms with Crippen LogP contribution < -0.4 is 5.73 Å². The van der Waals surface area contributed by atoms with E-state index in [4.69, 9.17) is 5.73 Å². The summed E-state index contributed by atoms with van der Waals surface area (Å²) >= 11 is 0. The maximum absolute atomic E-state index is 5.68. The summed E-state index contributed by atoms with van der Waals surface area (Å²) in [5, 5.41) is 0. The highest BCUT2D eigenvalue weighted by Crippen LogP contribution is 2.34. The number of hydrogen-bond acceptors (Lipinski definition) is 1. The second kappa shape index (κ2) is 3.29. The van der Waals surface area contributed by atoms with Crippen LogP contribution in [-0.2, 0) is 0 Å². The first kappa shape index (κ1) is 8.63. The molecule has 1 unspecified atom stereocenters. The van der Waals surface area contributed by atoms with Crippen molar-refractivity contribution in [2.45, 2.75) is 33.1 Å². The Labute approximate surface area is 69.7 Å². The molecule has 0 aromatic heterocycles. The molecule has 0 bridgehead atoms. The van der Waals surface area contributed by atoms with Crippen molar-refractivity contribution in [3.8, 4) is 0 Å². The summed E-state index contributed by atoms with van der Waals surface area (Å²) in [6.45, 7) is 8.47. The molecule has 0 aromatic carbocycles. The van der Waals surface area contributed by atoms with Crippen molar-refractivity contribution in [2.75, 3.05) is 0 Å². The van der Waals surface area contributed by atoms with E-state index in [-0.39, 0.29) is 0 Å². The average Bonchev–Trinajstić information content (AvgIpc) is 1.94. The Morgan fingerprint density at radius 1 is 1.27 bits per heavy atom. The summed E-state index contributed by atoms with van der Waals surface area (Å²) in [6.07, 6.45) is 3.82. The van der Waals surface area contributed by atoms with Crippen molar-refractivity contribution in [1.29, 1.82) is 0 Å². The molecule has 11 heavy (non-hydrogen) atoms. The molecule has 64 valence electrons. The Morgan fingerprint density at radius 2 is 1.91 bits per heavy atom. The first-order chi connectivity index (χ1) is 5.11. The molecule has 0 heterocycles. The Kier molecular flexibility index (Phi) is 2.58. The van der Waals surface area contributed by atoms with E-state index in [0.717, 1.165) is 17.5 Å². The van der Waals surface area contributed by atoms with E-state index in [1.165, 1.54) is 19.3 Å². The van der Waals surface area contributed by atoms with E-state index >= 15 is 0 Å². The average molecular weight is 153 g/mol. The lowest BCUT2D eigenvalue weighted by molar-refractivity contribution is 0.229. The minimum atomic E-state index is 0.598. The predicted octanol–water partition coefficient (Wildman–Crippen LogP) is 2.53. The van der Waals surface area contributed by atoms with Gasteiger partial charge in [0, 0.05) is 5.70 Å². The summed E-state index contributed by atoms with van der Waals surface area (Å²) in [7, 11) is 0. The zero-order valence-electron chi connectivity index (χ0n) is 7.64. The Hall–Kier alpha value is -0.460. The third kappa shape index (κ3) is 1.98. The van der Waals surface area contributed by atoms with Crippen LogP contribution in [0.5, 0.6) is 0 Å². The largest absolute Gasteiger partial charge is 0.402 e. The zero-order valence-corrected chi connectivity index (χ0v) is 7.64. The summed E-state index contributed by atoms with van der Waals surface area (Å²) in [5.74, 6) is 2.31. The standard InChI is InChI=1S/C10H19N/c1-7-4-5-10(9(3)11)6-8(7)2/h7-8,10H,3-6,11H2,1-2H3/t7-,8+,10?/m1/s1. The van der Waals surface area contributed by atoms with Gasteiger partial charge in [0.25, 0.3) is 0 Å². The van der Waals surface area contributed by atoms with Gasteiger partial charge in [-0.25, -0.2) is 0 Å². The zero-order chi connectivity index (χ0) is 8.43. The summed E-state index contributed by atoms with van der Waals surface area (Å²) in [5.41, 5.74) is 6.57. The van der Waals surface area contributed by atoms with Crippen molar-refractivity contribution >= 4 is 0 Å². The lowest BCUT2D eigenvalue weighted by Crippen LogP contribution is -2.24. The molecular formula is C10H19N. The van der Waals surface area contributed by atoms with Crippen molar-refractivity contribution in [2.24, 2.45) is 23.5 Å². The summed E-state index contributed by atoms with van der Waals surface area (Å²) in [4.78, 5) is 0. The van der Waals surface area contributed by atoms with Crippen molar-refractivity contribution in [3.63, 3.8) is 0 Å². The number of allylic oxidation sites excluding steroid dienone is 1. The van der Waals surface area contributed by atoms with Gasteiger partial charge in [0.2, 0.25) is 0 Å². The number of hydrogen-bond donors (Lipinski definition) is 1. The molecule has 0 spiro atoms. The molecule has 1 saturated carbocycles. The maximum Gasteiger partial charge on any atom is 0.00391 e. The smallest absolute Gasteiger partial charge is 0.00391 e. The van der Waals surface area contributed by atoms with Crippen molar-refractivity contribution in [3.05, 3.63) is 12.3 Å². The molecule has 0 radical (unpaired) electrons. The highest BCUT2D eigenvalue weighted by molar-refractivity contribution is 4.97. The third-order valence-electron chi connectivity index (χ3n) is 3.12. The van der Waals surface area contributed by atoms with Gasteiger partial charge in [-0.3, -0.25) is 0 Å². The quantitative estimate of drug-likeness (QED) is 0.615. The van der Waals surface area contributed by atoms with Gasteiger partial charge >= 0.3 is 0 Å². The van der Waals surface area contributed by atoms with Crippen molar-refractivity contribution in [1.82, 2.24) is 0 Å². The van der Waals surface area contributed by atoms with E-state index in [9.17, 15) is 0 Å². The molecule has 0 aliphatic heterocycles. The molecule has 1 aliphatic carbocycles. The van der Waals surface area contributed by atoms with E-state index in [1.807, 2.05) is 0 Å². The molecule has 3 atom stereocenters. The fraction of sp³-hybridized carbons (Fsp3) is 0.800. The van der Waals surface area contributed by atoms with Crippen LogP contribution in [-0.4, -0.2) is 0 Å². The molecule has 0 saturated heterocycles. The van der Waals surface area contributed by atoms with Gasteiger partial charge in [-0.05, 0) is 37.0 Å². The fourth-order valence-electron chi connectivity index (χ4n) is 1.88. The van der Waals surface area contributed by atoms with Gasteiger partial charge in [0.1, 0.15) is 0 Å². The minimum Gasteiger partial charge on any atom is -0.402 e. The molecular weight excluding hydrogens is 134 g/mol. The van der Waals surface area contributed by atoms with E-state index < -0.39 is 0 Å². The van der Waals surface area contributed by atoms with Crippen LogP contribution in [0, 0.1) is 17.8 Å². The van der Waals surface area contributed by atoms with E-state index in [2.05, 4.69) is 20.4 Å². The molecule has 0 aromatic rings. The Balaban J connectivity index is 2.46. The monoisotopic (exact) mass is 153 g/mol. The third-order valence-corrected chi connectivity index (χ3v) is 3.12. The van der Waals surface area contributed by atoms with Gasteiger partial charge in [-0.2, -0.15) is 0 Å². The fourth-order valence-corrected chi connectivity index (χ4v) is 1.88. The van der Waals surface area contributed by atoms with Gasteiger partial charge < -0.3 is 5.73 Å². The highest BCUT2D eigenvalue weighted by Gasteiger charge is 2.24. The van der Waals surface area contributed by atoms with E-state index in [1.54, 1.807) is 0 Å². The van der Waals surface area contributed by atoms with Crippen molar-refractivity contribution < 1.29 is 0 Å². The SMILES string of the molecule is C=C(N)C1CC[C@@H](C)[C@@H](C)C1. The molecule has 1 aliphatic rings. The topological polar surface area (TPSA) is 26.0 Å². The maximum atomic E-state index is 5.68. The second-order valence-electron chi connectivity index (χ2n) is 4.04. The van der Waals surface area contributed by atoms with Gasteiger partial charge in [0.05, 0.1) is 0 Å². The van der Waals surface area contributed by atoms with Crippen LogP contribution >= 0.6 is 0 Å². The lowest BCUT2D eigenvalue weighted by Gasteiger charge is -2.31. The van der Waals surface area contributed by atoms with Crippen LogP contribution in [0.3, 0.4) is 0 Å². The van der Waals surface area contributed by atoms with Crippen LogP contribution in [0.25, 0.3) is 0 Å². The van der Waals surface area contributed by atoms with Crippen LogP contribution in [0.4, 0.5) is 0 Å². The normalized spacial score (nSPS) is 38.5. The molecule has 1 fully saturated rings. The Bertz CT molecular complexity index is 151. The second-order valence-corrected chi connectivity index (χ2v) is 4.04. The van der Waals surface area contributed by atoms with Gasteiger partial charge in [-0.15, -0.1) is 0 Å². The van der Waals surface area contributed by atoms with E-state index in [0.29, 0.717) is 5.92 Å². The predicted molar refractivity (Wildman–Crippen MR) is 49.0 cm³/mol. The molecule has 0 amide bonds. The molecule has 2 N–H and O–H groups in total. The molecule has 1 nitrogen and oxygen atoms in total. The molecule has 1 heteroatoms. The Morgan fingerprint density at radius 3 is 2.36 bits per heavy atom. The number of nitrogens with two attached hydrogens (primary N) is 1. The van der Waals surface area contributed by atoms with Gasteiger partial charge in [0.15, 0.2) is 0 Å². The lowest BCUT2D eigenvalue weighted by atomic mass is 9.75. The van der Waals surface area contributed by atoms with Gasteiger partial charge in [-0.1, -0.05) is 20.4 Å². The summed E-state index contributed by atoms with van der Waals surface area (Å²) < 4.78 is 0. The minimum absolute atomic E-state index is 0.598. The first-order valence-electron chi connectivity index (χ1n) is 4.55. The van der Waals surface area contributed by atoms with Crippen LogP contribution in [0.2, 0.25) is 0 Å². The highest BCUT2D eigenvalue weighted by atomic mass is 14.6. The summed E-state index contributed by atoms with van der Waals surface area (Å²) in [6, 6.07) is 0. The molecule has 1 rings (SSSR count). The van der Waals surface area contributed by atoms with Crippen LogP contribution in [0.1, 0.15) is 33.1 Å². The van der Waals surface area contributed by atoms with Crippen LogP contribution in [0.15, 0.2) is 12.3 Å². The number of rotatable bonds is 1.